The molecule has 0 spiro atoms. The predicted octanol–water partition coefficient (Wildman–Crippen LogP) is 5.21. The van der Waals surface area contributed by atoms with Gasteiger partial charge in [0.25, 0.3) is 11.8 Å². The summed E-state index contributed by atoms with van der Waals surface area (Å²) in [5.74, 6) is 0.609. The summed E-state index contributed by atoms with van der Waals surface area (Å²) < 4.78 is 11.3. The van der Waals surface area contributed by atoms with Crippen molar-refractivity contribution in [3.05, 3.63) is 58.6 Å². The van der Waals surface area contributed by atoms with E-state index in [1.165, 1.54) is 6.21 Å². The topological polar surface area (TPSA) is 89.0 Å². The van der Waals surface area contributed by atoms with Crippen molar-refractivity contribution in [3.63, 3.8) is 0 Å². The van der Waals surface area contributed by atoms with E-state index in [-0.39, 0.29) is 11.8 Å². The average molecular weight is 488 g/mol. The lowest BCUT2D eigenvalue weighted by atomic mass is 10.0. The quantitative estimate of drug-likeness (QED) is 0.230. The van der Waals surface area contributed by atoms with Gasteiger partial charge in [-0.25, -0.2) is 5.43 Å². The van der Waals surface area contributed by atoms with E-state index in [0.717, 1.165) is 19.3 Å². The maximum absolute atomic E-state index is 12.8. The zero-order chi connectivity index (χ0) is 24.9. The van der Waals surface area contributed by atoms with E-state index >= 15 is 0 Å². The zero-order valence-corrected chi connectivity index (χ0v) is 21.0. The third-order valence-corrected chi connectivity index (χ3v) is 5.29. The molecule has 0 fully saturated rings. The Hall–Kier alpha value is -3.06. The van der Waals surface area contributed by atoms with E-state index in [0.29, 0.717) is 40.7 Å². The first-order chi connectivity index (χ1) is 16.3. The molecule has 0 aliphatic rings. The molecule has 0 aliphatic carbocycles. The number of ether oxygens (including phenoxy) is 2. The number of para-hydroxylation sites is 1. The van der Waals surface area contributed by atoms with Crippen molar-refractivity contribution >= 4 is 29.6 Å². The molecule has 2 N–H and O–H groups in total. The number of nitrogens with zero attached hydrogens (tertiary/aromatic N) is 1. The molecule has 0 bridgehead atoms. The Morgan fingerprint density at radius 3 is 2.50 bits per heavy atom. The molecule has 2 aromatic carbocycles. The van der Waals surface area contributed by atoms with Gasteiger partial charge in [-0.05, 0) is 55.2 Å². The summed E-state index contributed by atoms with van der Waals surface area (Å²) >= 11 is 5.89. The number of benzene rings is 2. The highest BCUT2D eigenvalue weighted by Gasteiger charge is 2.22. The van der Waals surface area contributed by atoms with Crippen LogP contribution in [0.2, 0.25) is 5.02 Å². The number of amides is 2. The Morgan fingerprint density at radius 2 is 1.85 bits per heavy atom. The molecule has 0 saturated carbocycles. The third-order valence-electron chi connectivity index (χ3n) is 5.04. The van der Waals surface area contributed by atoms with Gasteiger partial charge in [0.05, 0.1) is 19.9 Å². The number of halogens is 1. The fourth-order valence-corrected chi connectivity index (χ4v) is 3.39. The molecule has 0 heterocycles. The van der Waals surface area contributed by atoms with Crippen molar-refractivity contribution in [1.29, 1.82) is 0 Å². The lowest BCUT2D eigenvalue weighted by Crippen LogP contribution is -2.46. The SMILES string of the molecule is CCCCCOc1c(/C=N/NC(=O)C(CC(C)C)NC(=O)c2ccc(Cl)cc2)cccc1OC. The van der Waals surface area contributed by atoms with Crippen molar-refractivity contribution in [2.45, 2.75) is 52.5 Å². The van der Waals surface area contributed by atoms with Crippen LogP contribution in [0, 0.1) is 5.92 Å². The summed E-state index contributed by atoms with van der Waals surface area (Å²) in [5.41, 5.74) is 3.65. The highest BCUT2D eigenvalue weighted by molar-refractivity contribution is 6.30. The first-order valence-corrected chi connectivity index (χ1v) is 11.9. The first-order valence-electron chi connectivity index (χ1n) is 11.5. The van der Waals surface area contributed by atoms with Crippen molar-refractivity contribution in [1.82, 2.24) is 10.7 Å². The smallest absolute Gasteiger partial charge is 0.262 e. The second-order valence-corrected chi connectivity index (χ2v) is 8.77. The van der Waals surface area contributed by atoms with Crippen LogP contribution >= 0.6 is 11.6 Å². The number of unbranched alkanes of at least 4 members (excludes halogenated alkanes) is 2. The minimum atomic E-state index is -0.740. The number of rotatable bonds is 13. The standard InChI is InChI=1S/C26H34ClN3O4/c1-5-6-7-15-34-24-20(9-8-10-23(24)33-4)17-28-30-26(32)22(16-18(2)3)29-25(31)19-11-13-21(27)14-12-19/h8-14,17-18,22H,5-7,15-16H2,1-4H3,(H,29,31)(H,30,32)/b28-17+. The maximum Gasteiger partial charge on any atom is 0.262 e. The lowest BCUT2D eigenvalue weighted by molar-refractivity contribution is -0.123. The highest BCUT2D eigenvalue weighted by atomic mass is 35.5. The molecule has 0 aromatic heterocycles. The molecule has 2 aromatic rings. The van der Waals surface area contributed by atoms with Gasteiger partial charge in [0.2, 0.25) is 0 Å². The fourth-order valence-electron chi connectivity index (χ4n) is 3.27. The Morgan fingerprint density at radius 1 is 1.12 bits per heavy atom. The number of carbonyl (C=O) groups excluding carboxylic acids is 2. The minimum Gasteiger partial charge on any atom is -0.493 e. The first kappa shape index (κ1) is 27.2. The van der Waals surface area contributed by atoms with Crippen LogP contribution in [-0.2, 0) is 4.79 Å². The Bertz CT molecular complexity index is 961. The van der Waals surface area contributed by atoms with E-state index in [4.69, 9.17) is 21.1 Å². The van der Waals surface area contributed by atoms with E-state index < -0.39 is 11.9 Å². The van der Waals surface area contributed by atoms with Crippen LogP contribution < -0.4 is 20.2 Å². The van der Waals surface area contributed by atoms with E-state index in [1.807, 2.05) is 32.0 Å². The molecule has 184 valence electrons. The number of hydrogen-bond donors (Lipinski definition) is 2. The molecule has 1 unspecified atom stereocenters. The monoisotopic (exact) mass is 487 g/mol. The molecule has 7 nitrogen and oxygen atoms in total. The van der Waals surface area contributed by atoms with Gasteiger partial charge < -0.3 is 14.8 Å². The van der Waals surface area contributed by atoms with Crippen LogP contribution in [-0.4, -0.2) is 37.8 Å². The molecule has 2 rings (SSSR count). The van der Waals surface area contributed by atoms with Crippen LogP contribution in [0.15, 0.2) is 47.6 Å². The van der Waals surface area contributed by atoms with Gasteiger partial charge in [0.1, 0.15) is 6.04 Å². The molecular weight excluding hydrogens is 454 g/mol. The number of hydrazone groups is 1. The molecule has 1 atom stereocenters. The number of hydrogen-bond acceptors (Lipinski definition) is 5. The Labute approximate surface area is 206 Å². The summed E-state index contributed by atoms with van der Waals surface area (Å²) in [6.45, 7) is 6.66. The largest absolute Gasteiger partial charge is 0.493 e. The summed E-state index contributed by atoms with van der Waals surface area (Å²) in [4.78, 5) is 25.4. The van der Waals surface area contributed by atoms with Crippen molar-refractivity contribution in [2.24, 2.45) is 11.0 Å². The minimum absolute atomic E-state index is 0.187. The van der Waals surface area contributed by atoms with Crippen LogP contribution in [0.1, 0.15) is 62.4 Å². The van der Waals surface area contributed by atoms with Gasteiger partial charge in [-0.1, -0.05) is 51.3 Å². The van der Waals surface area contributed by atoms with Crippen molar-refractivity contribution < 1.29 is 19.1 Å². The van der Waals surface area contributed by atoms with E-state index in [9.17, 15) is 9.59 Å². The summed E-state index contributed by atoms with van der Waals surface area (Å²) in [6.07, 6.45) is 5.09. The Balaban J connectivity index is 2.08. The normalized spacial score (nSPS) is 11.9. The molecule has 2 amide bonds. The number of carbonyl (C=O) groups is 2. The van der Waals surface area contributed by atoms with Gasteiger partial charge in [0, 0.05) is 16.1 Å². The van der Waals surface area contributed by atoms with Gasteiger partial charge in [-0.3, -0.25) is 9.59 Å². The van der Waals surface area contributed by atoms with Crippen molar-refractivity contribution in [3.8, 4) is 11.5 Å². The predicted molar refractivity (Wildman–Crippen MR) is 136 cm³/mol. The average Bonchev–Trinajstić information content (AvgIpc) is 2.81. The van der Waals surface area contributed by atoms with E-state index in [1.54, 1.807) is 31.4 Å². The fraction of sp³-hybridized carbons (Fsp3) is 0.423. The van der Waals surface area contributed by atoms with Gasteiger partial charge in [-0.2, -0.15) is 5.10 Å². The molecule has 8 heteroatoms. The molecule has 0 radical (unpaired) electrons. The number of methoxy groups -OCH3 is 1. The second kappa shape index (κ2) is 14.3. The third kappa shape index (κ3) is 8.71. The van der Waals surface area contributed by atoms with Gasteiger partial charge >= 0.3 is 0 Å². The van der Waals surface area contributed by atoms with Gasteiger partial charge in [0.15, 0.2) is 11.5 Å². The van der Waals surface area contributed by atoms with Crippen LogP contribution in [0.5, 0.6) is 11.5 Å². The van der Waals surface area contributed by atoms with Crippen LogP contribution in [0.3, 0.4) is 0 Å². The van der Waals surface area contributed by atoms with E-state index in [2.05, 4.69) is 22.8 Å². The molecular formula is C26H34ClN3O4. The molecule has 0 aliphatic heterocycles. The lowest BCUT2D eigenvalue weighted by Gasteiger charge is -2.19. The number of nitrogens with one attached hydrogen (secondary N) is 2. The summed E-state index contributed by atoms with van der Waals surface area (Å²) in [5, 5.41) is 7.44. The Kier molecular flexibility index (Phi) is 11.4. The second-order valence-electron chi connectivity index (χ2n) is 8.33. The summed E-state index contributed by atoms with van der Waals surface area (Å²) in [6, 6.07) is 11.2. The molecule has 0 saturated heterocycles. The molecule has 34 heavy (non-hydrogen) atoms. The van der Waals surface area contributed by atoms with Crippen LogP contribution in [0.4, 0.5) is 0 Å². The summed E-state index contributed by atoms with van der Waals surface area (Å²) in [7, 11) is 1.58. The van der Waals surface area contributed by atoms with Crippen molar-refractivity contribution in [2.75, 3.05) is 13.7 Å². The van der Waals surface area contributed by atoms with Crippen LogP contribution in [0.25, 0.3) is 0 Å². The van der Waals surface area contributed by atoms with Gasteiger partial charge in [-0.15, -0.1) is 0 Å². The maximum atomic E-state index is 12.8. The highest BCUT2D eigenvalue weighted by Crippen LogP contribution is 2.30. The zero-order valence-electron chi connectivity index (χ0n) is 20.3.